The molecule has 0 bridgehead atoms. The molecular formula is C15H20N4O. The summed E-state index contributed by atoms with van der Waals surface area (Å²) in [7, 11) is 0. The van der Waals surface area contributed by atoms with E-state index in [1.54, 1.807) is 6.92 Å². The molecule has 2 heterocycles. The standard InChI is InChI=1S/C15H20N4O/c1-10(16)15(20)17-11-6-7-13-12(9-11)18-14-5-3-2-4-8-19(13)14/h6-7,9-10H,2-5,8,16H2,1H3,(H,17,20)/t10-/m1/s1. The summed E-state index contributed by atoms with van der Waals surface area (Å²) >= 11 is 0. The van der Waals surface area contributed by atoms with Crippen LogP contribution < -0.4 is 11.1 Å². The van der Waals surface area contributed by atoms with Crippen LogP contribution in [-0.4, -0.2) is 21.5 Å². The molecule has 2 aromatic rings. The van der Waals surface area contributed by atoms with Crippen molar-refractivity contribution in [2.24, 2.45) is 5.73 Å². The number of carbonyl (C=O) groups excluding carboxylic acids is 1. The van der Waals surface area contributed by atoms with Crippen molar-refractivity contribution < 1.29 is 4.79 Å². The Kier molecular flexibility index (Phi) is 3.44. The molecule has 20 heavy (non-hydrogen) atoms. The van der Waals surface area contributed by atoms with Crippen LogP contribution >= 0.6 is 0 Å². The van der Waals surface area contributed by atoms with Crippen molar-refractivity contribution in [3.8, 4) is 0 Å². The fraction of sp³-hybridized carbons (Fsp3) is 0.467. The van der Waals surface area contributed by atoms with Gasteiger partial charge in [-0.1, -0.05) is 6.42 Å². The minimum absolute atomic E-state index is 0.176. The molecule has 1 aromatic heterocycles. The van der Waals surface area contributed by atoms with Gasteiger partial charge in [-0.05, 0) is 38.0 Å². The second-order valence-corrected chi connectivity index (χ2v) is 5.47. The highest BCUT2D eigenvalue weighted by Crippen LogP contribution is 2.24. The summed E-state index contributed by atoms with van der Waals surface area (Å²) in [5, 5.41) is 2.81. The van der Waals surface area contributed by atoms with Gasteiger partial charge in [-0.15, -0.1) is 0 Å². The highest BCUT2D eigenvalue weighted by molar-refractivity contribution is 5.96. The summed E-state index contributed by atoms with van der Waals surface area (Å²) < 4.78 is 2.31. The fourth-order valence-corrected chi connectivity index (χ4v) is 2.68. The molecule has 0 saturated heterocycles. The predicted octanol–water partition coefficient (Wildman–Crippen LogP) is 2.05. The molecule has 3 N–H and O–H groups in total. The third-order valence-electron chi connectivity index (χ3n) is 3.79. The van der Waals surface area contributed by atoms with Crippen molar-refractivity contribution in [3.05, 3.63) is 24.0 Å². The van der Waals surface area contributed by atoms with E-state index >= 15 is 0 Å². The van der Waals surface area contributed by atoms with Gasteiger partial charge in [0, 0.05) is 18.7 Å². The first kappa shape index (κ1) is 13.1. The maximum atomic E-state index is 11.6. The van der Waals surface area contributed by atoms with Crippen LogP contribution in [0.4, 0.5) is 5.69 Å². The molecule has 1 aliphatic rings. The molecule has 1 aromatic carbocycles. The number of carbonyl (C=O) groups is 1. The molecule has 0 radical (unpaired) electrons. The van der Waals surface area contributed by atoms with Crippen molar-refractivity contribution in [1.29, 1.82) is 0 Å². The Balaban J connectivity index is 1.94. The zero-order valence-electron chi connectivity index (χ0n) is 11.7. The topological polar surface area (TPSA) is 72.9 Å². The third kappa shape index (κ3) is 2.41. The van der Waals surface area contributed by atoms with Gasteiger partial charge in [-0.2, -0.15) is 0 Å². The quantitative estimate of drug-likeness (QED) is 0.878. The molecule has 1 aliphatic heterocycles. The van der Waals surface area contributed by atoms with Gasteiger partial charge in [0.25, 0.3) is 0 Å². The number of benzene rings is 1. The van der Waals surface area contributed by atoms with E-state index in [1.165, 1.54) is 19.3 Å². The van der Waals surface area contributed by atoms with Gasteiger partial charge in [0.2, 0.25) is 5.91 Å². The third-order valence-corrected chi connectivity index (χ3v) is 3.79. The van der Waals surface area contributed by atoms with Crippen molar-refractivity contribution in [2.75, 3.05) is 5.32 Å². The predicted molar refractivity (Wildman–Crippen MR) is 79.6 cm³/mol. The summed E-state index contributed by atoms with van der Waals surface area (Å²) in [6.45, 7) is 2.71. The van der Waals surface area contributed by atoms with E-state index in [0.29, 0.717) is 0 Å². The number of imidazole rings is 1. The number of nitrogens with zero attached hydrogens (tertiary/aromatic N) is 2. The van der Waals surface area contributed by atoms with E-state index in [1.807, 2.05) is 18.2 Å². The second kappa shape index (κ2) is 5.25. The Morgan fingerprint density at radius 3 is 3.05 bits per heavy atom. The smallest absolute Gasteiger partial charge is 0.240 e. The van der Waals surface area contributed by atoms with Crippen LogP contribution in [0.1, 0.15) is 32.0 Å². The van der Waals surface area contributed by atoms with Crippen LogP contribution in [0.15, 0.2) is 18.2 Å². The van der Waals surface area contributed by atoms with Gasteiger partial charge in [0.1, 0.15) is 5.82 Å². The first-order valence-electron chi connectivity index (χ1n) is 7.21. The van der Waals surface area contributed by atoms with E-state index in [2.05, 4.69) is 9.88 Å². The SMILES string of the molecule is C[C@@H](N)C(=O)Nc1ccc2c(c1)nc1n2CCCCC1. The average Bonchev–Trinajstić information content (AvgIpc) is 2.60. The molecule has 3 rings (SSSR count). The Labute approximate surface area is 118 Å². The highest BCUT2D eigenvalue weighted by atomic mass is 16.2. The van der Waals surface area contributed by atoms with Gasteiger partial charge < -0.3 is 15.6 Å². The lowest BCUT2D eigenvalue weighted by molar-refractivity contribution is -0.117. The highest BCUT2D eigenvalue weighted by Gasteiger charge is 2.14. The van der Waals surface area contributed by atoms with Crippen LogP contribution in [0.5, 0.6) is 0 Å². The number of hydrogen-bond donors (Lipinski definition) is 2. The Morgan fingerprint density at radius 2 is 2.25 bits per heavy atom. The number of nitrogens with two attached hydrogens (primary N) is 1. The zero-order chi connectivity index (χ0) is 14.1. The van der Waals surface area contributed by atoms with Crippen LogP contribution in [-0.2, 0) is 17.8 Å². The number of fused-ring (bicyclic) bond motifs is 3. The van der Waals surface area contributed by atoms with Gasteiger partial charge in [-0.25, -0.2) is 4.98 Å². The normalized spacial score (nSPS) is 16.5. The molecule has 0 unspecified atom stereocenters. The van der Waals surface area contributed by atoms with Gasteiger partial charge in [0.15, 0.2) is 0 Å². The van der Waals surface area contributed by atoms with Crippen LogP contribution in [0, 0.1) is 0 Å². The van der Waals surface area contributed by atoms with E-state index in [4.69, 9.17) is 10.7 Å². The molecule has 0 saturated carbocycles. The molecule has 0 spiro atoms. The fourth-order valence-electron chi connectivity index (χ4n) is 2.68. The Bertz CT molecular complexity index is 645. The van der Waals surface area contributed by atoms with E-state index in [0.717, 1.165) is 35.5 Å². The summed E-state index contributed by atoms with van der Waals surface area (Å²) in [4.78, 5) is 16.3. The molecule has 5 nitrogen and oxygen atoms in total. The summed E-state index contributed by atoms with van der Waals surface area (Å²) in [5.41, 5.74) is 8.42. The van der Waals surface area contributed by atoms with Crippen molar-refractivity contribution in [2.45, 2.75) is 45.2 Å². The van der Waals surface area contributed by atoms with Gasteiger partial charge >= 0.3 is 0 Å². The number of amides is 1. The number of hydrogen-bond acceptors (Lipinski definition) is 3. The molecule has 1 atom stereocenters. The zero-order valence-corrected chi connectivity index (χ0v) is 11.7. The molecule has 0 fully saturated rings. The van der Waals surface area contributed by atoms with E-state index in [-0.39, 0.29) is 5.91 Å². The maximum Gasteiger partial charge on any atom is 0.240 e. The number of aromatic nitrogens is 2. The van der Waals surface area contributed by atoms with Crippen LogP contribution in [0.2, 0.25) is 0 Å². The summed E-state index contributed by atoms with van der Waals surface area (Å²) in [6, 6.07) is 5.37. The minimum Gasteiger partial charge on any atom is -0.328 e. The lowest BCUT2D eigenvalue weighted by atomic mass is 10.2. The number of anilines is 1. The second-order valence-electron chi connectivity index (χ2n) is 5.47. The first-order chi connectivity index (χ1) is 9.65. The van der Waals surface area contributed by atoms with Crippen molar-refractivity contribution in [1.82, 2.24) is 9.55 Å². The number of rotatable bonds is 2. The lowest BCUT2D eigenvalue weighted by Crippen LogP contribution is -2.32. The Hall–Kier alpha value is -1.88. The number of nitrogens with one attached hydrogen (secondary N) is 1. The molecule has 1 amide bonds. The van der Waals surface area contributed by atoms with Crippen molar-refractivity contribution >= 4 is 22.6 Å². The maximum absolute atomic E-state index is 11.6. The van der Waals surface area contributed by atoms with E-state index < -0.39 is 6.04 Å². The number of aryl methyl sites for hydroxylation is 2. The van der Waals surface area contributed by atoms with Crippen LogP contribution in [0.3, 0.4) is 0 Å². The molecular weight excluding hydrogens is 252 g/mol. The molecule has 0 aliphatic carbocycles. The largest absolute Gasteiger partial charge is 0.328 e. The minimum atomic E-state index is -0.510. The van der Waals surface area contributed by atoms with Gasteiger partial charge in [0.05, 0.1) is 17.1 Å². The summed E-state index contributed by atoms with van der Waals surface area (Å²) in [6.07, 6.45) is 4.73. The van der Waals surface area contributed by atoms with Crippen LogP contribution in [0.25, 0.3) is 11.0 Å². The lowest BCUT2D eigenvalue weighted by Gasteiger charge is -2.08. The summed E-state index contributed by atoms with van der Waals surface area (Å²) in [5.74, 6) is 0.985. The first-order valence-corrected chi connectivity index (χ1v) is 7.21. The Morgan fingerprint density at radius 1 is 1.40 bits per heavy atom. The molecule has 5 heteroatoms. The molecule has 106 valence electrons. The van der Waals surface area contributed by atoms with Gasteiger partial charge in [-0.3, -0.25) is 4.79 Å². The average molecular weight is 272 g/mol. The van der Waals surface area contributed by atoms with Crippen molar-refractivity contribution in [3.63, 3.8) is 0 Å². The monoisotopic (exact) mass is 272 g/mol. The van der Waals surface area contributed by atoms with E-state index in [9.17, 15) is 4.79 Å².